The minimum absolute atomic E-state index is 0.115. The van der Waals surface area contributed by atoms with Crippen LogP contribution < -0.4 is 0 Å². The van der Waals surface area contributed by atoms with Gasteiger partial charge in [-0.15, -0.1) is 0 Å². The summed E-state index contributed by atoms with van der Waals surface area (Å²) in [5.41, 5.74) is 0. The van der Waals surface area contributed by atoms with E-state index in [0.29, 0.717) is 17.9 Å². The van der Waals surface area contributed by atoms with Crippen molar-refractivity contribution in [3.05, 3.63) is 0 Å². The fourth-order valence-electron chi connectivity index (χ4n) is 2.02. The van der Waals surface area contributed by atoms with Gasteiger partial charge in [-0.25, -0.2) is 0 Å². The zero-order valence-electron chi connectivity index (χ0n) is 10.7. The van der Waals surface area contributed by atoms with Crippen LogP contribution in [0.5, 0.6) is 0 Å². The third-order valence-electron chi connectivity index (χ3n) is 3.01. The molecule has 1 aliphatic rings. The van der Waals surface area contributed by atoms with E-state index in [2.05, 4.69) is 0 Å². The van der Waals surface area contributed by atoms with Crippen molar-refractivity contribution in [2.45, 2.75) is 57.5 Å². The number of rotatable bonds is 7. The normalized spacial score (nSPS) is 17.1. The Bertz CT molecular complexity index is 260. The molecule has 0 heterocycles. The second-order valence-electron chi connectivity index (χ2n) is 4.61. The highest BCUT2D eigenvalue weighted by Crippen LogP contribution is 2.20. The van der Waals surface area contributed by atoms with Crippen LogP contribution in [0.4, 0.5) is 0 Å². The SMILES string of the molecule is O=C(O)CCSCCC(=O)OC1CCCCCC1. The molecule has 0 bridgehead atoms. The molecule has 0 radical (unpaired) electrons. The van der Waals surface area contributed by atoms with Crippen molar-refractivity contribution >= 4 is 23.7 Å². The first-order valence-corrected chi connectivity index (χ1v) is 7.83. The van der Waals surface area contributed by atoms with Gasteiger partial charge in [-0.2, -0.15) is 11.8 Å². The predicted octanol–water partition coefficient (Wildman–Crippen LogP) is 2.85. The minimum atomic E-state index is -0.788. The standard InChI is InChI=1S/C13H22O4S/c14-12(15)7-9-18-10-8-13(16)17-11-5-3-1-2-4-6-11/h11H,1-10H2,(H,14,15). The first-order chi connectivity index (χ1) is 8.68. The molecule has 5 heteroatoms. The highest BCUT2D eigenvalue weighted by atomic mass is 32.2. The Morgan fingerprint density at radius 3 is 2.28 bits per heavy atom. The number of carbonyl (C=O) groups is 2. The first kappa shape index (κ1) is 15.3. The van der Waals surface area contributed by atoms with Gasteiger partial charge in [0.2, 0.25) is 0 Å². The van der Waals surface area contributed by atoms with Crippen LogP contribution in [0.25, 0.3) is 0 Å². The Hall–Kier alpha value is -0.710. The van der Waals surface area contributed by atoms with Gasteiger partial charge in [0.1, 0.15) is 6.10 Å². The number of aliphatic carboxylic acids is 1. The van der Waals surface area contributed by atoms with Crippen LogP contribution in [-0.2, 0) is 14.3 Å². The number of esters is 1. The molecule has 4 nitrogen and oxygen atoms in total. The average molecular weight is 274 g/mol. The van der Waals surface area contributed by atoms with Crippen LogP contribution in [0.15, 0.2) is 0 Å². The van der Waals surface area contributed by atoms with Crippen molar-refractivity contribution in [3.63, 3.8) is 0 Å². The molecule has 1 rings (SSSR count). The topological polar surface area (TPSA) is 63.6 Å². The van der Waals surface area contributed by atoms with Crippen LogP contribution >= 0.6 is 11.8 Å². The molecule has 0 aromatic rings. The lowest BCUT2D eigenvalue weighted by molar-refractivity contribution is -0.149. The van der Waals surface area contributed by atoms with Gasteiger partial charge in [0, 0.05) is 11.5 Å². The second kappa shape index (κ2) is 9.25. The van der Waals surface area contributed by atoms with E-state index in [9.17, 15) is 9.59 Å². The van der Waals surface area contributed by atoms with Crippen molar-refractivity contribution in [2.75, 3.05) is 11.5 Å². The second-order valence-corrected chi connectivity index (χ2v) is 5.83. The van der Waals surface area contributed by atoms with Gasteiger partial charge in [-0.3, -0.25) is 9.59 Å². The van der Waals surface area contributed by atoms with E-state index in [1.54, 1.807) is 0 Å². The van der Waals surface area contributed by atoms with Crippen molar-refractivity contribution in [1.29, 1.82) is 0 Å². The van der Waals surface area contributed by atoms with Crippen molar-refractivity contribution in [1.82, 2.24) is 0 Å². The quantitative estimate of drug-likeness (QED) is 0.439. The van der Waals surface area contributed by atoms with Gasteiger partial charge in [0.05, 0.1) is 12.8 Å². The first-order valence-electron chi connectivity index (χ1n) is 6.67. The molecular weight excluding hydrogens is 252 g/mol. The molecule has 1 aliphatic carbocycles. The third kappa shape index (κ3) is 7.58. The van der Waals surface area contributed by atoms with E-state index in [4.69, 9.17) is 9.84 Å². The summed E-state index contributed by atoms with van der Waals surface area (Å²) in [6, 6.07) is 0. The Kier molecular flexibility index (Phi) is 7.89. The van der Waals surface area contributed by atoms with Crippen LogP contribution in [0.3, 0.4) is 0 Å². The number of carboxylic acid groups (broad SMARTS) is 1. The summed E-state index contributed by atoms with van der Waals surface area (Å²) in [6.45, 7) is 0. The molecule has 104 valence electrons. The molecular formula is C13H22O4S. The Morgan fingerprint density at radius 1 is 1.06 bits per heavy atom. The Balaban J connectivity index is 2.03. The molecule has 0 unspecified atom stereocenters. The smallest absolute Gasteiger partial charge is 0.306 e. The van der Waals surface area contributed by atoms with E-state index >= 15 is 0 Å². The van der Waals surface area contributed by atoms with Crippen molar-refractivity contribution in [3.8, 4) is 0 Å². The summed E-state index contributed by atoms with van der Waals surface area (Å²) in [4.78, 5) is 21.9. The molecule has 0 saturated heterocycles. The number of ether oxygens (including phenoxy) is 1. The molecule has 0 atom stereocenters. The fourth-order valence-corrected chi connectivity index (χ4v) is 2.86. The molecule has 0 amide bonds. The minimum Gasteiger partial charge on any atom is -0.481 e. The number of carbonyl (C=O) groups excluding carboxylic acids is 1. The summed E-state index contributed by atoms with van der Waals surface area (Å²) in [5.74, 6) is 0.290. The Morgan fingerprint density at radius 2 is 1.67 bits per heavy atom. The summed E-state index contributed by atoms with van der Waals surface area (Å²) in [5, 5.41) is 8.46. The highest BCUT2D eigenvalue weighted by Gasteiger charge is 2.16. The number of carboxylic acids is 1. The monoisotopic (exact) mass is 274 g/mol. The van der Waals surface area contributed by atoms with Crippen LogP contribution in [-0.4, -0.2) is 34.7 Å². The third-order valence-corrected chi connectivity index (χ3v) is 4.00. The zero-order chi connectivity index (χ0) is 13.2. The van der Waals surface area contributed by atoms with E-state index in [1.807, 2.05) is 0 Å². The molecule has 1 saturated carbocycles. The highest BCUT2D eigenvalue weighted by molar-refractivity contribution is 7.99. The molecule has 0 aromatic heterocycles. The zero-order valence-corrected chi connectivity index (χ0v) is 11.5. The van der Waals surface area contributed by atoms with E-state index in [1.165, 1.54) is 24.6 Å². The number of thioether (sulfide) groups is 1. The molecule has 1 fully saturated rings. The van der Waals surface area contributed by atoms with Gasteiger partial charge in [-0.1, -0.05) is 12.8 Å². The van der Waals surface area contributed by atoms with Crippen LogP contribution in [0.2, 0.25) is 0 Å². The van der Waals surface area contributed by atoms with Crippen LogP contribution in [0, 0.1) is 0 Å². The summed E-state index contributed by atoms with van der Waals surface area (Å²) in [7, 11) is 0. The fraction of sp³-hybridized carbons (Fsp3) is 0.846. The lowest BCUT2D eigenvalue weighted by Crippen LogP contribution is -2.17. The Labute approximate surface area is 112 Å². The van der Waals surface area contributed by atoms with E-state index in [-0.39, 0.29) is 18.5 Å². The molecule has 18 heavy (non-hydrogen) atoms. The lowest BCUT2D eigenvalue weighted by atomic mass is 10.1. The summed E-state index contributed by atoms with van der Waals surface area (Å²) in [6.07, 6.45) is 7.47. The van der Waals surface area contributed by atoms with E-state index < -0.39 is 5.97 Å². The maximum Gasteiger partial charge on any atom is 0.306 e. The maximum atomic E-state index is 11.6. The molecule has 0 aliphatic heterocycles. The molecule has 0 spiro atoms. The lowest BCUT2D eigenvalue weighted by Gasteiger charge is -2.15. The average Bonchev–Trinajstić information content (AvgIpc) is 2.56. The van der Waals surface area contributed by atoms with Gasteiger partial charge in [0.15, 0.2) is 0 Å². The summed E-state index contributed by atoms with van der Waals surface area (Å²) >= 11 is 1.49. The van der Waals surface area contributed by atoms with Crippen molar-refractivity contribution in [2.24, 2.45) is 0 Å². The number of hydrogen-bond donors (Lipinski definition) is 1. The predicted molar refractivity (Wildman–Crippen MR) is 71.8 cm³/mol. The van der Waals surface area contributed by atoms with Crippen molar-refractivity contribution < 1.29 is 19.4 Å². The van der Waals surface area contributed by atoms with Gasteiger partial charge in [0.25, 0.3) is 0 Å². The van der Waals surface area contributed by atoms with Gasteiger partial charge in [-0.05, 0) is 25.7 Å². The maximum absolute atomic E-state index is 11.6. The van der Waals surface area contributed by atoms with E-state index in [0.717, 1.165) is 25.7 Å². The number of hydrogen-bond acceptors (Lipinski definition) is 4. The molecule has 1 N–H and O–H groups in total. The van der Waals surface area contributed by atoms with Gasteiger partial charge < -0.3 is 9.84 Å². The molecule has 0 aromatic carbocycles. The van der Waals surface area contributed by atoms with Crippen LogP contribution in [0.1, 0.15) is 51.4 Å². The largest absolute Gasteiger partial charge is 0.481 e. The van der Waals surface area contributed by atoms with Gasteiger partial charge >= 0.3 is 11.9 Å². The summed E-state index contributed by atoms with van der Waals surface area (Å²) < 4.78 is 5.43.